The Kier molecular flexibility index (Phi) is 6.32. The average molecular weight is 491 g/mol. The summed E-state index contributed by atoms with van der Waals surface area (Å²) in [6.07, 6.45) is 7.17. The standard InChI is InChI=1S/C28H30N2O4S/c1-17-7-12-21(25(31)13-17)22-15-24(28(2,3)4)27(34-5)23-14-19(16-29-26(22)23)18-8-10-20(11-9-18)30-35(6,32)33/h7-12,14-16,30H,13H2,1-6H3. The number of hydrogen-bond donors (Lipinski definition) is 1. The first kappa shape index (κ1) is 24.7. The zero-order valence-corrected chi connectivity index (χ0v) is 21.7. The highest BCUT2D eigenvalue weighted by atomic mass is 32.2. The van der Waals surface area contributed by atoms with E-state index in [0.717, 1.165) is 45.2 Å². The number of carbonyl (C=O) groups is 1. The lowest BCUT2D eigenvalue weighted by Crippen LogP contribution is -2.15. The highest BCUT2D eigenvalue weighted by molar-refractivity contribution is 7.92. The highest BCUT2D eigenvalue weighted by Gasteiger charge is 2.27. The van der Waals surface area contributed by atoms with E-state index in [9.17, 15) is 13.2 Å². The number of methoxy groups -OCH3 is 1. The molecular weight excluding hydrogens is 460 g/mol. The maximum absolute atomic E-state index is 13.0. The second-order valence-electron chi connectivity index (χ2n) is 10.0. The summed E-state index contributed by atoms with van der Waals surface area (Å²) < 4.78 is 31.4. The van der Waals surface area contributed by atoms with Gasteiger partial charge >= 0.3 is 0 Å². The molecule has 6 nitrogen and oxygen atoms in total. The zero-order chi connectivity index (χ0) is 25.5. The molecule has 182 valence electrons. The minimum Gasteiger partial charge on any atom is -0.496 e. The van der Waals surface area contributed by atoms with Gasteiger partial charge < -0.3 is 4.74 Å². The number of carbonyl (C=O) groups excluding carboxylic acids is 1. The predicted molar refractivity (Wildman–Crippen MR) is 142 cm³/mol. The van der Waals surface area contributed by atoms with E-state index in [1.165, 1.54) is 0 Å². The largest absolute Gasteiger partial charge is 0.496 e. The van der Waals surface area contributed by atoms with E-state index in [1.54, 1.807) is 25.4 Å². The summed E-state index contributed by atoms with van der Waals surface area (Å²) in [5, 5.41) is 0.825. The number of anilines is 1. The molecule has 0 aliphatic heterocycles. The van der Waals surface area contributed by atoms with Gasteiger partial charge in [-0.1, -0.05) is 50.6 Å². The molecule has 1 aromatic heterocycles. The molecule has 1 heterocycles. The summed E-state index contributed by atoms with van der Waals surface area (Å²) in [6, 6.07) is 11.2. The van der Waals surface area contributed by atoms with Crippen molar-refractivity contribution in [3.05, 3.63) is 71.4 Å². The molecule has 0 amide bonds. The molecule has 0 spiro atoms. The number of sulfonamides is 1. The zero-order valence-electron chi connectivity index (χ0n) is 20.9. The number of allylic oxidation sites excluding steroid dienone is 4. The summed E-state index contributed by atoms with van der Waals surface area (Å²) in [6.45, 7) is 8.31. The summed E-state index contributed by atoms with van der Waals surface area (Å²) >= 11 is 0. The molecule has 1 aliphatic carbocycles. The van der Waals surface area contributed by atoms with Crippen molar-refractivity contribution in [2.45, 2.75) is 39.5 Å². The van der Waals surface area contributed by atoms with E-state index >= 15 is 0 Å². The van der Waals surface area contributed by atoms with Crippen LogP contribution < -0.4 is 9.46 Å². The Morgan fingerprint density at radius 1 is 1.03 bits per heavy atom. The Bertz CT molecular complexity index is 1490. The number of ether oxygens (including phenoxy) is 1. The van der Waals surface area contributed by atoms with Crippen molar-refractivity contribution in [3.8, 4) is 16.9 Å². The lowest BCUT2D eigenvalue weighted by Gasteiger charge is -2.25. The van der Waals surface area contributed by atoms with Crippen LogP contribution in [0.2, 0.25) is 0 Å². The number of fused-ring (bicyclic) bond motifs is 1. The molecule has 7 heteroatoms. The number of benzene rings is 2. The van der Waals surface area contributed by atoms with Gasteiger partial charge in [0, 0.05) is 46.0 Å². The first-order valence-corrected chi connectivity index (χ1v) is 13.3. The van der Waals surface area contributed by atoms with Gasteiger partial charge in [0.1, 0.15) is 5.75 Å². The molecule has 3 aromatic rings. The minimum absolute atomic E-state index is 0.0798. The first-order valence-electron chi connectivity index (χ1n) is 11.4. The normalized spacial score (nSPS) is 14.5. The topological polar surface area (TPSA) is 85.4 Å². The lowest BCUT2D eigenvalue weighted by atomic mass is 9.81. The van der Waals surface area contributed by atoms with Crippen LogP contribution in [0.25, 0.3) is 27.6 Å². The third-order valence-electron chi connectivity index (χ3n) is 6.02. The first-order chi connectivity index (χ1) is 16.4. The van der Waals surface area contributed by atoms with E-state index in [-0.39, 0.29) is 11.2 Å². The molecule has 1 N–H and O–H groups in total. The molecule has 0 unspecified atom stereocenters. The highest BCUT2D eigenvalue weighted by Crippen LogP contribution is 2.42. The molecule has 0 atom stereocenters. The van der Waals surface area contributed by atoms with Crippen molar-refractivity contribution in [1.29, 1.82) is 0 Å². The molecule has 0 saturated heterocycles. The second kappa shape index (κ2) is 8.96. The third-order valence-corrected chi connectivity index (χ3v) is 6.63. The van der Waals surface area contributed by atoms with Gasteiger partial charge in [-0.15, -0.1) is 0 Å². The van der Waals surface area contributed by atoms with E-state index < -0.39 is 10.0 Å². The van der Waals surface area contributed by atoms with Crippen molar-refractivity contribution >= 4 is 38.0 Å². The van der Waals surface area contributed by atoms with Gasteiger partial charge in [0.2, 0.25) is 10.0 Å². The maximum atomic E-state index is 13.0. The molecule has 1 aliphatic rings. The van der Waals surface area contributed by atoms with Crippen LogP contribution in [0, 0.1) is 0 Å². The number of hydrogen-bond acceptors (Lipinski definition) is 5. The SMILES string of the molecule is COc1c(C(C)(C)C)cc(C2=CC=C(C)CC2=O)c2ncc(-c3ccc(NS(C)(=O)=O)cc3)cc12. The van der Waals surface area contributed by atoms with E-state index in [4.69, 9.17) is 9.72 Å². The summed E-state index contributed by atoms with van der Waals surface area (Å²) in [5.41, 5.74) is 6.21. The van der Waals surface area contributed by atoms with E-state index in [1.807, 2.05) is 43.3 Å². The monoisotopic (exact) mass is 490 g/mol. The third kappa shape index (κ3) is 5.15. The molecule has 0 fully saturated rings. The van der Waals surface area contributed by atoms with Gasteiger partial charge in [-0.05, 0) is 42.2 Å². The average Bonchev–Trinajstić information content (AvgIpc) is 2.76. The van der Waals surface area contributed by atoms with Gasteiger partial charge in [0.15, 0.2) is 5.78 Å². The van der Waals surface area contributed by atoms with Crippen LogP contribution in [-0.2, 0) is 20.2 Å². The van der Waals surface area contributed by atoms with Crippen molar-refractivity contribution in [1.82, 2.24) is 4.98 Å². The van der Waals surface area contributed by atoms with Gasteiger partial charge in [0.05, 0.1) is 18.9 Å². The summed E-state index contributed by atoms with van der Waals surface area (Å²) in [5.74, 6) is 0.813. The molecular formula is C28H30N2O4S. The van der Waals surface area contributed by atoms with Gasteiger partial charge in [-0.2, -0.15) is 0 Å². The number of rotatable bonds is 5. The maximum Gasteiger partial charge on any atom is 0.229 e. The van der Waals surface area contributed by atoms with Crippen LogP contribution in [0.1, 0.15) is 45.2 Å². The summed E-state index contributed by atoms with van der Waals surface area (Å²) in [4.78, 5) is 17.8. The molecule has 2 aromatic carbocycles. The van der Waals surface area contributed by atoms with Crippen molar-refractivity contribution in [2.75, 3.05) is 18.1 Å². The molecule has 0 saturated carbocycles. The number of ketones is 1. The lowest BCUT2D eigenvalue weighted by molar-refractivity contribution is -0.113. The fourth-order valence-corrected chi connectivity index (χ4v) is 4.89. The summed E-state index contributed by atoms with van der Waals surface area (Å²) in [7, 11) is -1.70. The number of aromatic nitrogens is 1. The fourth-order valence-electron chi connectivity index (χ4n) is 4.33. The fraction of sp³-hybridized carbons (Fsp3) is 0.286. The Balaban J connectivity index is 1.93. The van der Waals surface area contributed by atoms with E-state index in [2.05, 4.69) is 25.5 Å². The predicted octanol–water partition coefficient (Wildman–Crippen LogP) is 5.88. The van der Waals surface area contributed by atoms with Crippen molar-refractivity contribution in [3.63, 3.8) is 0 Å². The number of pyridine rings is 1. The van der Waals surface area contributed by atoms with Crippen LogP contribution in [0.5, 0.6) is 5.75 Å². The van der Waals surface area contributed by atoms with Gasteiger partial charge in [-0.25, -0.2) is 8.42 Å². The Hall–Kier alpha value is -3.45. The van der Waals surface area contributed by atoms with Gasteiger partial charge in [-0.3, -0.25) is 14.5 Å². The van der Waals surface area contributed by atoms with Crippen molar-refractivity contribution < 1.29 is 17.9 Å². The van der Waals surface area contributed by atoms with Crippen molar-refractivity contribution in [2.24, 2.45) is 0 Å². The van der Waals surface area contributed by atoms with E-state index in [0.29, 0.717) is 23.2 Å². The quantitative estimate of drug-likeness (QED) is 0.483. The Morgan fingerprint density at radius 3 is 2.29 bits per heavy atom. The van der Waals surface area contributed by atoms with Crippen LogP contribution in [-0.4, -0.2) is 32.6 Å². The van der Waals surface area contributed by atoms with Crippen LogP contribution in [0.15, 0.2) is 60.3 Å². The molecule has 0 bridgehead atoms. The number of Topliss-reactive ketones (excluding diaryl/α,β-unsaturated/α-hetero) is 1. The van der Waals surface area contributed by atoms with Crippen LogP contribution in [0.4, 0.5) is 5.69 Å². The molecule has 0 radical (unpaired) electrons. The van der Waals surface area contributed by atoms with Crippen LogP contribution in [0.3, 0.4) is 0 Å². The smallest absolute Gasteiger partial charge is 0.229 e. The Morgan fingerprint density at radius 2 is 1.71 bits per heavy atom. The molecule has 4 rings (SSSR count). The minimum atomic E-state index is -3.35. The second-order valence-corrected chi connectivity index (χ2v) is 11.8. The number of nitrogens with zero attached hydrogens (tertiary/aromatic N) is 1. The molecule has 35 heavy (non-hydrogen) atoms. The number of nitrogens with one attached hydrogen (secondary N) is 1. The van der Waals surface area contributed by atoms with Gasteiger partial charge in [0.25, 0.3) is 0 Å². The Labute approximate surface area is 206 Å². The van der Waals surface area contributed by atoms with Crippen LogP contribution >= 0.6 is 0 Å².